The summed E-state index contributed by atoms with van der Waals surface area (Å²) in [6.45, 7) is 2.02. The number of amides is 1. The summed E-state index contributed by atoms with van der Waals surface area (Å²) in [6, 6.07) is 0.964. The predicted molar refractivity (Wildman–Crippen MR) is 146 cm³/mol. The first-order valence-electron chi connectivity index (χ1n) is 14.1. The van der Waals surface area contributed by atoms with Gasteiger partial charge in [-0.2, -0.15) is 0 Å². The third kappa shape index (κ3) is 3.77. The molecule has 5 aliphatic rings. The molecule has 4 fully saturated rings. The van der Waals surface area contributed by atoms with Crippen LogP contribution in [0.2, 0.25) is 0 Å². The number of likely N-dealkylation sites (N-methyl/N-ethyl adjacent to an activating group) is 1. The Morgan fingerprint density at radius 2 is 1.73 bits per heavy atom. The molecule has 0 spiro atoms. The molecule has 8 atom stereocenters. The fraction of sp³-hybridized carbons (Fsp3) is 0.621. The van der Waals surface area contributed by atoms with Gasteiger partial charge in [-0.3, -0.25) is 33.8 Å². The van der Waals surface area contributed by atoms with E-state index in [1.807, 2.05) is 25.1 Å². The summed E-state index contributed by atoms with van der Waals surface area (Å²) >= 11 is 0. The largest absolute Gasteiger partial charge is 0.507 e. The first-order chi connectivity index (χ1) is 19.2. The van der Waals surface area contributed by atoms with Crippen LogP contribution in [0.3, 0.4) is 0 Å². The molecule has 0 aromatic heterocycles. The Morgan fingerprint density at radius 3 is 2.29 bits per heavy atom. The van der Waals surface area contributed by atoms with Crippen LogP contribution in [0.5, 0.6) is 5.75 Å². The number of piperidine rings is 1. The topological polar surface area (TPSA) is 188 Å². The van der Waals surface area contributed by atoms with E-state index in [0.29, 0.717) is 29.5 Å². The van der Waals surface area contributed by atoms with Gasteiger partial charge in [0.1, 0.15) is 5.75 Å². The molecular weight excluding hydrogens is 530 g/mol. The van der Waals surface area contributed by atoms with Gasteiger partial charge in [0, 0.05) is 56.9 Å². The fourth-order valence-electron chi connectivity index (χ4n) is 8.26. The van der Waals surface area contributed by atoms with Crippen LogP contribution in [0.4, 0.5) is 5.69 Å². The quantitative estimate of drug-likeness (QED) is 0.298. The highest BCUT2D eigenvalue weighted by Gasteiger charge is 2.69. The van der Waals surface area contributed by atoms with Crippen molar-refractivity contribution in [3.05, 3.63) is 22.8 Å². The third-order valence-corrected chi connectivity index (χ3v) is 10.3. The highest BCUT2D eigenvalue weighted by atomic mass is 16.3. The number of nitrogens with zero attached hydrogens (tertiary/aromatic N) is 3. The predicted octanol–water partition coefficient (Wildman–Crippen LogP) is -1.68. The van der Waals surface area contributed by atoms with Crippen LogP contribution in [-0.2, 0) is 32.1 Å². The zero-order chi connectivity index (χ0) is 29.9. The van der Waals surface area contributed by atoms with Gasteiger partial charge < -0.3 is 26.6 Å². The molecule has 4 unspecified atom stereocenters. The van der Waals surface area contributed by atoms with Crippen molar-refractivity contribution in [3.8, 4) is 5.75 Å². The maximum Gasteiger partial charge on any atom is 0.235 e. The normalized spacial score (nSPS) is 37.9. The number of aliphatic hydroxyl groups is 1. The number of hydrogen-bond acceptors (Lipinski definition) is 11. The van der Waals surface area contributed by atoms with Gasteiger partial charge in [-0.15, -0.1) is 0 Å². The van der Waals surface area contributed by atoms with E-state index in [-0.39, 0.29) is 30.2 Å². The van der Waals surface area contributed by atoms with Crippen molar-refractivity contribution in [1.29, 1.82) is 0 Å². The molecule has 1 heterocycles. The smallest absolute Gasteiger partial charge is 0.235 e. The van der Waals surface area contributed by atoms with Crippen molar-refractivity contribution in [3.63, 3.8) is 0 Å². The molecule has 4 aliphatic carbocycles. The van der Waals surface area contributed by atoms with Gasteiger partial charge in [-0.05, 0) is 56.3 Å². The van der Waals surface area contributed by atoms with Crippen LogP contribution in [0.1, 0.15) is 27.9 Å². The lowest BCUT2D eigenvalue weighted by Crippen LogP contribution is -2.74. The average Bonchev–Trinajstić information content (AvgIpc) is 3.26. The Kier molecular flexibility index (Phi) is 6.24. The highest BCUT2D eigenvalue weighted by molar-refractivity contribution is 6.32. The second-order valence-electron chi connectivity index (χ2n) is 13.0. The molecule has 1 aromatic carbocycles. The van der Waals surface area contributed by atoms with Gasteiger partial charge in [0.05, 0.1) is 17.5 Å². The van der Waals surface area contributed by atoms with Crippen LogP contribution in [0.15, 0.2) is 6.07 Å². The van der Waals surface area contributed by atoms with Gasteiger partial charge in [-0.25, -0.2) is 0 Å². The minimum absolute atomic E-state index is 0.0239. The summed E-state index contributed by atoms with van der Waals surface area (Å²) in [5.74, 6) is -9.45. The van der Waals surface area contributed by atoms with E-state index in [1.54, 1.807) is 14.1 Å². The molecule has 12 heteroatoms. The molecule has 3 saturated carbocycles. The zero-order valence-corrected chi connectivity index (χ0v) is 23.7. The molecule has 1 aliphatic heterocycles. The number of aromatic hydroxyl groups is 1. The Bertz CT molecular complexity index is 1400. The van der Waals surface area contributed by atoms with Gasteiger partial charge >= 0.3 is 0 Å². The van der Waals surface area contributed by atoms with Crippen molar-refractivity contribution >= 4 is 34.7 Å². The fourth-order valence-corrected chi connectivity index (χ4v) is 8.26. The molecule has 220 valence electrons. The van der Waals surface area contributed by atoms with Crippen molar-refractivity contribution in [2.24, 2.45) is 47.0 Å². The minimum atomic E-state index is -2.73. The molecule has 12 nitrogen and oxygen atoms in total. The lowest BCUT2D eigenvalue weighted by atomic mass is 9.52. The average molecular weight is 568 g/mol. The van der Waals surface area contributed by atoms with Crippen LogP contribution in [0.25, 0.3) is 0 Å². The number of primary amides is 1. The first-order valence-corrected chi connectivity index (χ1v) is 14.1. The number of phenols is 1. The van der Waals surface area contributed by atoms with Crippen molar-refractivity contribution in [2.45, 2.75) is 37.1 Å². The summed E-state index contributed by atoms with van der Waals surface area (Å²) in [6.07, 6.45) is 0.256. The lowest BCUT2D eigenvalue weighted by molar-refractivity contribution is -0.181. The number of phenolic OH excluding ortho intramolecular Hbond substituents is 1. The molecule has 0 radical (unpaired) electrons. The molecule has 0 bridgehead atoms. The third-order valence-electron chi connectivity index (χ3n) is 10.3. The number of hydrogen-bond donors (Lipinski definition) is 4. The van der Waals surface area contributed by atoms with Gasteiger partial charge in [-0.1, -0.05) is 0 Å². The second kappa shape index (κ2) is 9.15. The van der Waals surface area contributed by atoms with E-state index in [4.69, 9.17) is 11.5 Å². The van der Waals surface area contributed by atoms with Gasteiger partial charge in [0.2, 0.25) is 5.91 Å². The number of carbonyl (C=O) groups excluding carboxylic acids is 5. The maximum absolute atomic E-state index is 14.1. The molecule has 6 N–H and O–H groups in total. The van der Waals surface area contributed by atoms with Crippen LogP contribution in [-0.4, -0.2) is 108 Å². The summed E-state index contributed by atoms with van der Waals surface area (Å²) in [7, 11) is 6.81. The summed E-state index contributed by atoms with van der Waals surface area (Å²) in [5, 5.41) is 23.2. The van der Waals surface area contributed by atoms with Crippen molar-refractivity contribution < 1.29 is 34.2 Å². The SMILES string of the molecule is CN(C)c1cc(CN2CC3C(N)C3C2)c(O)c2c1C[C@H]1C[C@H]3[C@H](N(C)C)C(=O)C(C(N)=O)C(=O)[C@@]3(O)C(=O)C1C2=O. The van der Waals surface area contributed by atoms with E-state index in [0.717, 1.165) is 18.8 Å². The molecule has 6 rings (SSSR count). The number of rotatable bonds is 5. The number of fused-ring (bicyclic) bond motifs is 4. The summed E-state index contributed by atoms with van der Waals surface area (Å²) in [5.41, 5.74) is 10.6. The number of nitrogens with two attached hydrogens (primary N) is 2. The number of anilines is 1. The minimum Gasteiger partial charge on any atom is -0.507 e. The monoisotopic (exact) mass is 567 g/mol. The Labute approximate surface area is 237 Å². The zero-order valence-electron chi connectivity index (χ0n) is 23.7. The summed E-state index contributed by atoms with van der Waals surface area (Å²) in [4.78, 5) is 72.6. The number of carbonyl (C=O) groups is 5. The number of ketones is 4. The van der Waals surface area contributed by atoms with E-state index in [9.17, 15) is 34.2 Å². The van der Waals surface area contributed by atoms with Gasteiger partial charge in [0.15, 0.2) is 34.7 Å². The maximum atomic E-state index is 14.1. The van der Waals surface area contributed by atoms with E-state index in [2.05, 4.69) is 4.90 Å². The van der Waals surface area contributed by atoms with Crippen molar-refractivity contribution in [2.75, 3.05) is 46.2 Å². The lowest BCUT2D eigenvalue weighted by Gasteiger charge is -2.52. The van der Waals surface area contributed by atoms with Gasteiger partial charge in [0.25, 0.3) is 0 Å². The van der Waals surface area contributed by atoms with Crippen molar-refractivity contribution in [1.82, 2.24) is 9.80 Å². The molecular formula is C29H37N5O7. The Balaban J connectivity index is 1.42. The van der Waals surface area contributed by atoms with E-state index >= 15 is 0 Å². The number of likely N-dealkylation sites (tertiary alicyclic amines) is 1. The Hall–Kier alpha value is -3.19. The molecule has 1 aromatic rings. The second-order valence-corrected chi connectivity index (χ2v) is 13.0. The van der Waals surface area contributed by atoms with Crippen LogP contribution in [0, 0.1) is 35.5 Å². The molecule has 1 amide bonds. The van der Waals surface area contributed by atoms with E-state index in [1.165, 1.54) is 4.90 Å². The molecule has 1 saturated heterocycles. The van der Waals surface area contributed by atoms with E-state index < -0.39 is 64.4 Å². The Morgan fingerprint density at radius 1 is 1.10 bits per heavy atom. The number of Topliss-reactive ketones (excluding diaryl/α,β-unsaturated/α-hetero) is 4. The number of benzene rings is 1. The molecule has 41 heavy (non-hydrogen) atoms. The van der Waals surface area contributed by atoms with Crippen LogP contribution >= 0.6 is 0 Å². The highest BCUT2D eigenvalue weighted by Crippen LogP contribution is 2.52. The standard InChI is InChI=1S/C29H37N5O7/c1-32(2)17-7-12(8-34-9-14-15(10-34)21(14)30)23(35)19-13(17)5-11-6-16-22(33(3)4)25(37)20(28(31)40)27(39)29(16,41)26(38)18(11)24(19)36/h7,11,14-16,18,20-22,35,41H,5-6,8-10,30H2,1-4H3,(H2,31,40)/t11-,14?,15?,16-,18?,20?,21?,22-,29-/m0/s1. The summed E-state index contributed by atoms with van der Waals surface area (Å²) < 4.78 is 0. The van der Waals surface area contributed by atoms with Crippen LogP contribution < -0.4 is 16.4 Å². The first kappa shape index (κ1) is 28.0.